The Morgan fingerprint density at radius 2 is 1.88 bits per heavy atom. The number of nitrogens with one attached hydrogen (secondary N) is 1. The molecule has 1 fully saturated rings. The van der Waals surface area contributed by atoms with E-state index in [-0.39, 0.29) is 29.9 Å². The second-order valence-corrected chi connectivity index (χ2v) is 9.11. The fourth-order valence-corrected chi connectivity index (χ4v) is 4.75. The van der Waals surface area contributed by atoms with Gasteiger partial charge in [0.1, 0.15) is 11.1 Å². The maximum absolute atomic E-state index is 12.7. The van der Waals surface area contributed by atoms with Crippen LogP contribution in [-0.4, -0.2) is 70.9 Å². The van der Waals surface area contributed by atoms with E-state index in [4.69, 9.17) is 0 Å². The quantitative estimate of drug-likeness (QED) is 0.458. The molecule has 0 spiro atoms. The first-order valence-electron chi connectivity index (χ1n) is 11.3. The zero-order valence-corrected chi connectivity index (χ0v) is 20.6. The van der Waals surface area contributed by atoms with Gasteiger partial charge in [-0.25, -0.2) is 4.98 Å². The molecule has 3 rings (SSSR count). The van der Waals surface area contributed by atoms with Crippen LogP contribution in [0.2, 0.25) is 0 Å². The normalized spacial score (nSPS) is 13.9. The summed E-state index contributed by atoms with van der Waals surface area (Å²) in [5.41, 5.74) is 3.22. The van der Waals surface area contributed by atoms with Gasteiger partial charge in [-0.2, -0.15) is 5.26 Å². The van der Waals surface area contributed by atoms with E-state index in [9.17, 15) is 19.6 Å². The second kappa shape index (κ2) is 11.8. The topological polar surface area (TPSA) is 106 Å². The van der Waals surface area contributed by atoms with Crippen molar-refractivity contribution in [2.24, 2.45) is 0 Å². The first kappa shape index (κ1) is 25.4. The Morgan fingerprint density at radius 1 is 1.18 bits per heavy atom. The number of aromatic nitrogens is 1. The number of hydrogen-bond donors (Lipinski definition) is 1. The van der Waals surface area contributed by atoms with Gasteiger partial charge in [0.05, 0.1) is 17.9 Å². The Bertz CT molecular complexity index is 1120. The molecule has 9 heteroatoms. The maximum atomic E-state index is 12.7. The van der Waals surface area contributed by atoms with Crippen molar-refractivity contribution >= 4 is 35.0 Å². The van der Waals surface area contributed by atoms with E-state index in [1.54, 1.807) is 17.9 Å². The molecule has 0 bridgehead atoms. The van der Waals surface area contributed by atoms with E-state index in [0.29, 0.717) is 48.0 Å². The van der Waals surface area contributed by atoms with Crippen molar-refractivity contribution < 1.29 is 14.4 Å². The molecule has 1 aromatic carbocycles. The summed E-state index contributed by atoms with van der Waals surface area (Å²) in [6.45, 7) is 7.82. The Morgan fingerprint density at radius 3 is 2.53 bits per heavy atom. The number of aryl methyl sites for hydroxylation is 2. The highest BCUT2D eigenvalue weighted by Crippen LogP contribution is 2.24. The van der Waals surface area contributed by atoms with Crippen LogP contribution in [0.1, 0.15) is 41.0 Å². The molecular formula is C25H29N5O3S. The number of benzene rings is 1. The molecular weight excluding hydrogens is 450 g/mol. The van der Waals surface area contributed by atoms with Gasteiger partial charge in [0, 0.05) is 43.1 Å². The van der Waals surface area contributed by atoms with E-state index >= 15 is 0 Å². The van der Waals surface area contributed by atoms with Crippen LogP contribution >= 0.6 is 11.8 Å². The number of piperazine rings is 1. The van der Waals surface area contributed by atoms with Crippen LogP contribution < -0.4 is 5.32 Å². The molecule has 0 radical (unpaired) electrons. The van der Waals surface area contributed by atoms with Crippen LogP contribution in [0.25, 0.3) is 0 Å². The van der Waals surface area contributed by atoms with Crippen LogP contribution in [0, 0.1) is 18.3 Å². The van der Waals surface area contributed by atoms with Gasteiger partial charge in [0.2, 0.25) is 11.8 Å². The van der Waals surface area contributed by atoms with Gasteiger partial charge in [-0.05, 0) is 38.0 Å². The van der Waals surface area contributed by atoms with Gasteiger partial charge in [0.15, 0.2) is 5.78 Å². The van der Waals surface area contributed by atoms with Gasteiger partial charge >= 0.3 is 0 Å². The summed E-state index contributed by atoms with van der Waals surface area (Å²) >= 11 is 1.21. The lowest BCUT2D eigenvalue weighted by Crippen LogP contribution is -2.50. The molecule has 8 nitrogen and oxygen atoms in total. The molecule has 2 aromatic rings. The number of thioether (sulfide) groups is 1. The van der Waals surface area contributed by atoms with Gasteiger partial charge in [-0.3, -0.25) is 19.3 Å². The van der Waals surface area contributed by atoms with Crippen molar-refractivity contribution in [1.82, 2.24) is 14.8 Å². The molecule has 2 amide bonds. The fraction of sp³-hybridized carbons (Fsp3) is 0.400. The molecule has 0 unspecified atom stereocenters. The van der Waals surface area contributed by atoms with E-state index in [0.717, 1.165) is 17.7 Å². The number of amides is 2. The monoisotopic (exact) mass is 479 g/mol. The summed E-state index contributed by atoms with van der Waals surface area (Å²) in [4.78, 5) is 45.1. The lowest BCUT2D eigenvalue weighted by atomic mass is 10.1. The number of nitrogens with zero attached hydrogens (tertiary/aromatic N) is 4. The van der Waals surface area contributed by atoms with Gasteiger partial charge < -0.3 is 10.2 Å². The smallest absolute Gasteiger partial charge is 0.238 e. The molecule has 1 N–H and O–H groups in total. The minimum absolute atomic E-state index is 0.0371. The van der Waals surface area contributed by atoms with Crippen molar-refractivity contribution in [2.45, 2.75) is 32.2 Å². The van der Waals surface area contributed by atoms with Crippen LogP contribution in [0.5, 0.6) is 0 Å². The first-order chi connectivity index (χ1) is 16.3. The number of Topliss-reactive ketones (excluding diaryl/α,β-unsaturated/α-hetero) is 1. The molecule has 1 saturated heterocycles. The average Bonchev–Trinajstić information content (AvgIpc) is 2.83. The number of ketones is 1. The highest BCUT2D eigenvalue weighted by atomic mass is 32.2. The fourth-order valence-electron chi connectivity index (χ4n) is 3.85. The van der Waals surface area contributed by atoms with Crippen molar-refractivity contribution in [3.63, 3.8) is 0 Å². The van der Waals surface area contributed by atoms with Crippen molar-refractivity contribution in [3.05, 3.63) is 52.7 Å². The maximum Gasteiger partial charge on any atom is 0.238 e. The summed E-state index contributed by atoms with van der Waals surface area (Å²) < 4.78 is 0. The summed E-state index contributed by atoms with van der Waals surface area (Å²) in [5.74, 6) is -0.0783. The van der Waals surface area contributed by atoms with Crippen molar-refractivity contribution in [1.29, 1.82) is 5.26 Å². The Hall–Kier alpha value is -3.22. The number of carbonyl (C=O) groups is 3. The number of rotatable bonds is 8. The highest BCUT2D eigenvalue weighted by molar-refractivity contribution is 8.00. The number of anilines is 1. The number of pyridine rings is 1. The predicted octanol–water partition coefficient (Wildman–Crippen LogP) is 2.90. The van der Waals surface area contributed by atoms with Crippen molar-refractivity contribution in [3.8, 4) is 6.07 Å². The summed E-state index contributed by atoms with van der Waals surface area (Å²) in [5, 5.41) is 12.9. The minimum Gasteiger partial charge on any atom is -0.339 e. The Balaban J connectivity index is 1.49. The number of para-hydroxylation sites is 1. The third kappa shape index (κ3) is 6.43. The molecule has 0 atom stereocenters. The molecule has 178 valence electrons. The average molecular weight is 480 g/mol. The van der Waals surface area contributed by atoms with Crippen LogP contribution in [-0.2, 0) is 16.0 Å². The molecule has 34 heavy (non-hydrogen) atoms. The lowest BCUT2D eigenvalue weighted by molar-refractivity contribution is -0.130. The Labute approximate surface area is 204 Å². The second-order valence-electron chi connectivity index (χ2n) is 8.15. The number of hydrogen-bond acceptors (Lipinski definition) is 7. The predicted molar refractivity (Wildman–Crippen MR) is 132 cm³/mol. The first-order valence-corrected chi connectivity index (χ1v) is 12.2. The van der Waals surface area contributed by atoms with Gasteiger partial charge in [-0.15, -0.1) is 0 Å². The SMILES string of the molecule is CCc1ccccc1NC(=O)CN1CCN(C(=O)CSc2nc(C)c(C(C)=O)cc2C#N)CC1. The molecule has 2 heterocycles. The summed E-state index contributed by atoms with van der Waals surface area (Å²) in [7, 11) is 0. The largest absolute Gasteiger partial charge is 0.339 e. The van der Waals surface area contributed by atoms with E-state index in [1.807, 2.05) is 29.2 Å². The lowest BCUT2D eigenvalue weighted by Gasteiger charge is -2.34. The van der Waals surface area contributed by atoms with Crippen molar-refractivity contribution in [2.75, 3.05) is 43.8 Å². The molecule has 1 aliphatic heterocycles. The zero-order valence-electron chi connectivity index (χ0n) is 19.8. The third-order valence-electron chi connectivity index (χ3n) is 5.77. The zero-order chi connectivity index (χ0) is 24.7. The van der Waals surface area contributed by atoms with Gasteiger partial charge in [-0.1, -0.05) is 36.9 Å². The molecule has 0 saturated carbocycles. The van der Waals surface area contributed by atoms with Crippen LogP contribution in [0.4, 0.5) is 5.69 Å². The number of carbonyl (C=O) groups excluding carboxylic acids is 3. The minimum atomic E-state index is -0.143. The molecule has 1 aromatic heterocycles. The highest BCUT2D eigenvalue weighted by Gasteiger charge is 2.23. The Kier molecular flexibility index (Phi) is 8.79. The summed E-state index contributed by atoms with van der Waals surface area (Å²) in [6, 6.07) is 11.4. The molecule has 0 aliphatic carbocycles. The van der Waals surface area contributed by atoms with E-state index < -0.39 is 0 Å². The van der Waals surface area contributed by atoms with Gasteiger partial charge in [0.25, 0.3) is 0 Å². The van der Waals surface area contributed by atoms with E-state index in [1.165, 1.54) is 18.7 Å². The van der Waals surface area contributed by atoms with Crippen LogP contribution in [0.15, 0.2) is 35.4 Å². The molecule has 1 aliphatic rings. The summed E-state index contributed by atoms with van der Waals surface area (Å²) in [6.07, 6.45) is 0.848. The number of nitriles is 1. The standard InChI is InChI=1S/C25H29N5O3S/c1-4-19-7-5-6-8-22(19)28-23(32)15-29-9-11-30(12-10-29)24(33)16-34-25-20(14-26)13-21(18(3)31)17(2)27-25/h5-8,13H,4,9-12,15-16H2,1-3H3,(H,28,32). The van der Waals surface area contributed by atoms with Crippen LogP contribution in [0.3, 0.4) is 0 Å². The third-order valence-corrected chi connectivity index (χ3v) is 6.75. The van der Waals surface area contributed by atoms with E-state index in [2.05, 4.69) is 23.3 Å².